The SMILES string of the molecule is NCCCC(=O)c1ccc2ccccc2n1. The summed E-state index contributed by atoms with van der Waals surface area (Å²) in [7, 11) is 0. The Morgan fingerprint density at radius 3 is 2.81 bits per heavy atom. The Hall–Kier alpha value is -1.74. The third kappa shape index (κ3) is 2.25. The first-order chi connectivity index (χ1) is 7.81. The number of fused-ring (bicyclic) bond motifs is 1. The van der Waals surface area contributed by atoms with Crippen molar-refractivity contribution in [3.8, 4) is 0 Å². The monoisotopic (exact) mass is 214 g/mol. The number of nitrogens with zero attached hydrogens (tertiary/aromatic N) is 1. The van der Waals surface area contributed by atoms with E-state index in [0.29, 0.717) is 25.1 Å². The van der Waals surface area contributed by atoms with Gasteiger partial charge in [-0.1, -0.05) is 24.3 Å². The van der Waals surface area contributed by atoms with Crippen molar-refractivity contribution in [1.82, 2.24) is 4.98 Å². The maximum atomic E-state index is 11.7. The number of rotatable bonds is 4. The molecular weight excluding hydrogens is 200 g/mol. The minimum absolute atomic E-state index is 0.0659. The Bertz CT molecular complexity index is 508. The van der Waals surface area contributed by atoms with Gasteiger partial charge in [-0.15, -0.1) is 0 Å². The molecule has 0 spiro atoms. The molecule has 0 unspecified atom stereocenters. The van der Waals surface area contributed by atoms with Gasteiger partial charge in [-0.3, -0.25) is 4.79 Å². The number of para-hydroxylation sites is 1. The number of nitrogens with two attached hydrogens (primary N) is 1. The van der Waals surface area contributed by atoms with Crippen LogP contribution in [0.4, 0.5) is 0 Å². The number of Topliss-reactive ketones (excluding diaryl/α,β-unsaturated/α-hetero) is 1. The molecule has 1 heterocycles. The van der Waals surface area contributed by atoms with Gasteiger partial charge in [0, 0.05) is 11.8 Å². The highest BCUT2D eigenvalue weighted by Gasteiger charge is 2.07. The maximum absolute atomic E-state index is 11.7. The van der Waals surface area contributed by atoms with Crippen LogP contribution in [0.5, 0.6) is 0 Å². The number of carbonyl (C=O) groups excluding carboxylic acids is 1. The quantitative estimate of drug-likeness (QED) is 0.793. The lowest BCUT2D eigenvalue weighted by atomic mass is 10.1. The second-order valence-electron chi connectivity index (χ2n) is 3.70. The third-order valence-corrected chi connectivity index (χ3v) is 2.49. The van der Waals surface area contributed by atoms with Gasteiger partial charge in [0.25, 0.3) is 0 Å². The van der Waals surface area contributed by atoms with E-state index >= 15 is 0 Å². The molecule has 0 bridgehead atoms. The molecule has 3 nitrogen and oxygen atoms in total. The number of benzene rings is 1. The first-order valence-electron chi connectivity index (χ1n) is 5.40. The zero-order valence-corrected chi connectivity index (χ0v) is 9.02. The summed E-state index contributed by atoms with van der Waals surface area (Å²) in [4.78, 5) is 16.1. The van der Waals surface area contributed by atoms with Crippen LogP contribution in [0.1, 0.15) is 23.3 Å². The third-order valence-electron chi connectivity index (χ3n) is 2.49. The lowest BCUT2D eigenvalue weighted by Gasteiger charge is -2.01. The van der Waals surface area contributed by atoms with Crippen LogP contribution >= 0.6 is 0 Å². The molecule has 3 heteroatoms. The molecule has 0 saturated heterocycles. The molecule has 1 aromatic heterocycles. The average molecular weight is 214 g/mol. The number of carbonyl (C=O) groups is 1. The van der Waals surface area contributed by atoms with E-state index in [-0.39, 0.29) is 5.78 Å². The van der Waals surface area contributed by atoms with E-state index in [1.54, 1.807) is 6.07 Å². The van der Waals surface area contributed by atoms with Gasteiger partial charge in [-0.05, 0) is 25.1 Å². The fourth-order valence-corrected chi connectivity index (χ4v) is 1.61. The molecule has 0 fully saturated rings. The molecular formula is C13H14N2O. The van der Waals surface area contributed by atoms with Crippen molar-refractivity contribution in [2.45, 2.75) is 12.8 Å². The zero-order chi connectivity index (χ0) is 11.4. The lowest BCUT2D eigenvalue weighted by Crippen LogP contribution is -2.06. The van der Waals surface area contributed by atoms with Crippen LogP contribution in [0.2, 0.25) is 0 Å². The fourth-order valence-electron chi connectivity index (χ4n) is 1.61. The van der Waals surface area contributed by atoms with Gasteiger partial charge in [-0.25, -0.2) is 4.98 Å². The second-order valence-corrected chi connectivity index (χ2v) is 3.70. The molecule has 0 aliphatic carbocycles. The van der Waals surface area contributed by atoms with E-state index in [0.717, 1.165) is 10.9 Å². The van der Waals surface area contributed by atoms with E-state index in [1.165, 1.54) is 0 Å². The van der Waals surface area contributed by atoms with Crippen LogP contribution in [0.25, 0.3) is 10.9 Å². The minimum atomic E-state index is 0.0659. The van der Waals surface area contributed by atoms with Crippen molar-refractivity contribution >= 4 is 16.7 Å². The minimum Gasteiger partial charge on any atom is -0.330 e. The lowest BCUT2D eigenvalue weighted by molar-refractivity contribution is 0.0976. The summed E-state index contributed by atoms with van der Waals surface area (Å²) in [5.74, 6) is 0.0659. The topological polar surface area (TPSA) is 56.0 Å². The standard InChI is InChI=1S/C13H14N2O/c14-9-3-6-13(16)12-8-7-10-4-1-2-5-11(10)15-12/h1-2,4-5,7-8H,3,6,9,14H2. The van der Waals surface area contributed by atoms with E-state index in [2.05, 4.69) is 4.98 Å². The molecule has 2 N–H and O–H groups in total. The molecule has 16 heavy (non-hydrogen) atoms. The molecule has 2 rings (SSSR count). The highest BCUT2D eigenvalue weighted by molar-refractivity contribution is 5.96. The molecule has 0 aliphatic rings. The Morgan fingerprint density at radius 1 is 1.19 bits per heavy atom. The summed E-state index contributed by atoms with van der Waals surface area (Å²) < 4.78 is 0. The van der Waals surface area contributed by atoms with Crippen LogP contribution < -0.4 is 5.73 Å². The van der Waals surface area contributed by atoms with E-state index < -0.39 is 0 Å². The Kier molecular flexibility index (Phi) is 3.27. The zero-order valence-electron chi connectivity index (χ0n) is 9.02. The molecule has 2 aromatic rings. The first-order valence-corrected chi connectivity index (χ1v) is 5.40. The highest BCUT2D eigenvalue weighted by Crippen LogP contribution is 2.13. The molecule has 1 aromatic carbocycles. The van der Waals surface area contributed by atoms with Crippen LogP contribution in [-0.4, -0.2) is 17.3 Å². The van der Waals surface area contributed by atoms with Gasteiger partial charge >= 0.3 is 0 Å². The smallest absolute Gasteiger partial charge is 0.181 e. The van der Waals surface area contributed by atoms with Crippen molar-refractivity contribution in [3.05, 3.63) is 42.1 Å². The Labute approximate surface area is 94.3 Å². The highest BCUT2D eigenvalue weighted by atomic mass is 16.1. The normalized spacial score (nSPS) is 10.6. The van der Waals surface area contributed by atoms with Crippen LogP contribution in [-0.2, 0) is 0 Å². The van der Waals surface area contributed by atoms with Gasteiger partial charge in [-0.2, -0.15) is 0 Å². The van der Waals surface area contributed by atoms with E-state index in [4.69, 9.17) is 5.73 Å². The van der Waals surface area contributed by atoms with Crippen molar-refractivity contribution < 1.29 is 4.79 Å². The summed E-state index contributed by atoms with van der Waals surface area (Å²) in [6, 6.07) is 11.5. The van der Waals surface area contributed by atoms with E-state index in [1.807, 2.05) is 30.3 Å². The number of hydrogen-bond acceptors (Lipinski definition) is 3. The maximum Gasteiger partial charge on any atom is 0.181 e. The van der Waals surface area contributed by atoms with Gasteiger partial charge in [0.15, 0.2) is 5.78 Å². The molecule has 0 amide bonds. The number of pyridine rings is 1. The number of aromatic nitrogens is 1. The fraction of sp³-hybridized carbons (Fsp3) is 0.231. The van der Waals surface area contributed by atoms with Crippen molar-refractivity contribution in [2.24, 2.45) is 5.73 Å². The van der Waals surface area contributed by atoms with Crippen molar-refractivity contribution in [1.29, 1.82) is 0 Å². The summed E-state index contributed by atoms with van der Waals surface area (Å²) >= 11 is 0. The Morgan fingerprint density at radius 2 is 2.00 bits per heavy atom. The molecule has 82 valence electrons. The average Bonchev–Trinajstić information content (AvgIpc) is 2.35. The van der Waals surface area contributed by atoms with Gasteiger partial charge in [0.1, 0.15) is 5.69 Å². The molecule has 0 atom stereocenters. The van der Waals surface area contributed by atoms with Crippen molar-refractivity contribution in [3.63, 3.8) is 0 Å². The number of ketones is 1. The summed E-state index contributed by atoms with van der Waals surface area (Å²) in [5.41, 5.74) is 6.77. The predicted octanol–water partition coefficient (Wildman–Crippen LogP) is 2.16. The summed E-state index contributed by atoms with van der Waals surface area (Å²) in [6.45, 7) is 0.541. The summed E-state index contributed by atoms with van der Waals surface area (Å²) in [6.07, 6.45) is 1.19. The first kappa shape index (κ1) is 10.8. The number of hydrogen-bond donors (Lipinski definition) is 1. The summed E-state index contributed by atoms with van der Waals surface area (Å²) in [5, 5.41) is 1.05. The Balaban J connectivity index is 2.28. The van der Waals surface area contributed by atoms with Gasteiger partial charge < -0.3 is 5.73 Å². The molecule has 0 radical (unpaired) electrons. The largest absolute Gasteiger partial charge is 0.330 e. The van der Waals surface area contributed by atoms with Gasteiger partial charge in [0.2, 0.25) is 0 Å². The molecule has 0 aliphatic heterocycles. The van der Waals surface area contributed by atoms with Crippen molar-refractivity contribution in [2.75, 3.05) is 6.54 Å². The van der Waals surface area contributed by atoms with Crippen LogP contribution in [0.15, 0.2) is 36.4 Å². The van der Waals surface area contributed by atoms with Crippen LogP contribution in [0.3, 0.4) is 0 Å². The molecule has 0 saturated carbocycles. The van der Waals surface area contributed by atoms with Gasteiger partial charge in [0.05, 0.1) is 5.52 Å². The van der Waals surface area contributed by atoms with Crippen LogP contribution in [0, 0.1) is 0 Å². The van der Waals surface area contributed by atoms with E-state index in [9.17, 15) is 4.79 Å². The predicted molar refractivity (Wildman–Crippen MR) is 64.4 cm³/mol. The second kappa shape index (κ2) is 4.86.